The molecule has 2 rings (SSSR count). The van der Waals surface area contributed by atoms with Gasteiger partial charge < -0.3 is 5.73 Å². The molecule has 94 valence electrons. The summed E-state index contributed by atoms with van der Waals surface area (Å²) < 4.78 is 0. The maximum absolute atomic E-state index is 9.31. The summed E-state index contributed by atoms with van der Waals surface area (Å²) >= 11 is 6.18. The second-order valence-electron chi connectivity index (χ2n) is 4.12. The highest BCUT2D eigenvalue weighted by Gasteiger charge is 2.11. The number of aromatic nitrogens is 1. The van der Waals surface area contributed by atoms with Crippen LogP contribution in [0.5, 0.6) is 0 Å². The average Bonchev–Trinajstić information content (AvgIpc) is 2.40. The molecule has 0 fully saturated rings. The molecule has 0 aliphatic rings. The highest BCUT2D eigenvalue weighted by Crippen LogP contribution is 2.27. The minimum atomic E-state index is 0.374. The first kappa shape index (κ1) is 13.1. The van der Waals surface area contributed by atoms with E-state index in [0.717, 1.165) is 11.1 Å². The highest BCUT2D eigenvalue weighted by atomic mass is 35.5. The van der Waals surface area contributed by atoms with E-state index >= 15 is 0 Å². The third-order valence-electron chi connectivity index (χ3n) is 2.76. The van der Waals surface area contributed by atoms with Gasteiger partial charge in [0.15, 0.2) is 0 Å². The third kappa shape index (κ3) is 2.75. The molecule has 0 aliphatic carbocycles. The van der Waals surface area contributed by atoms with Gasteiger partial charge in [-0.15, -0.1) is 0 Å². The molecule has 1 aromatic carbocycles. The summed E-state index contributed by atoms with van der Waals surface area (Å²) in [7, 11) is 0. The van der Waals surface area contributed by atoms with Gasteiger partial charge in [0.1, 0.15) is 6.07 Å². The number of rotatable bonds is 2. The van der Waals surface area contributed by atoms with E-state index in [0.29, 0.717) is 21.9 Å². The minimum Gasteiger partial charge on any atom is -0.397 e. The maximum atomic E-state index is 9.31. The van der Waals surface area contributed by atoms with Crippen LogP contribution in [0.1, 0.15) is 16.7 Å². The van der Waals surface area contributed by atoms with E-state index in [4.69, 9.17) is 17.3 Å². The number of nitrogens with two attached hydrogens (primary N) is 1. The first-order chi connectivity index (χ1) is 9.13. The summed E-state index contributed by atoms with van der Waals surface area (Å²) in [5.41, 5.74) is 9.30. The molecule has 4 heteroatoms. The number of benzene rings is 1. The van der Waals surface area contributed by atoms with Crippen LogP contribution in [0.2, 0.25) is 5.02 Å². The summed E-state index contributed by atoms with van der Waals surface area (Å²) in [6.45, 7) is 1.95. The Morgan fingerprint density at radius 2 is 1.95 bits per heavy atom. The smallest absolute Gasteiger partial charge is 0.102 e. The molecule has 0 saturated heterocycles. The Morgan fingerprint density at radius 1 is 1.26 bits per heavy atom. The molecule has 3 nitrogen and oxygen atoms in total. The Hall–Kier alpha value is -2.31. The molecule has 0 atom stereocenters. The topological polar surface area (TPSA) is 62.7 Å². The van der Waals surface area contributed by atoms with Crippen LogP contribution in [0.15, 0.2) is 42.7 Å². The van der Waals surface area contributed by atoms with Crippen molar-refractivity contribution >= 4 is 22.9 Å². The van der Waals surface area contributed by atoms with Crippen molar-refractivity contribution in [1.82, 2.24) is 4.98 Å². The van der Waals surface area contributed by atoms with Gasteiger partial charge in [-0.1, -0.05) is 23.7 Å². The molecule has 2 aromatic rings. The molecular formula is C15H12ClN3. The third-order valence-corrected chi connectivity index (χ3v) is 3.08. The molecule has 0 saturated carbocycles. The summed E-state index contributed by atoms with van der Waals surface area (Å²) in [4.78, 5) is 3.92. The quantitative estimate of drug-likeness (QED) is 0.850. The van der Waals surface area contributed by atoms with Gasteiger partial charge in [-0.3, -0.25) is 4.98 Å². The molecule has 0 bridgehead atoms. The number of hydrogen-bond acceptors (Lipinski definition) is 3. The van der Waals surface area contributed by atoms with E-state index in [-0.39, 0.29) is 0 Å². The molecule has 0 aliphatic heterocycles. The summed E-state index contributed by atoms with van der Waals surface area (Å²) in [5, 5.41) is 9.85. The number of nitriles is 1. The molecular weight excluding hydrogens is 258 g/mol. The molecule has 1 aromatic heterocycles. The molecule has 0 spiro atoms. The van der Waals surface area contributed by atoms with Gasteiger partial charge in [-0.05, 0) is 36.2 Å². The van der Waals surface area contributed by atoms with Crippen molar-refractivity contribution in [2.45, 2.75) is 6.92 Å². The predicted molar refractivity (Wildman–Crippen MR) is 77.0 cm³/mol. The minimum absolute atomic E-state index is 0.374. The van der Waals surface area contributed by atoms with E-state index in [2.05, 4.69) is 11.1 Å². The zero-order chi connectivity index (χ0) is 13.8. The number of nitrogens with zero attached hydrogens (tertiary/aromatic N) is 2. The highest BCUT2D eigenvalue weighted by molar-refractivity contribution is 6.32. The fraction of sp³-hybridized carbons (Fsp3) is 0.0667. The SMILES string of the molecule is Cc1ccc(/C(N)=C(/C#N)c2ccncc2)c(Cl)c1. The lowest BCUT2D eigenvalue weighted by Gasteiger charge is -2.08. The number of pyridine rings is 1. The first-order valence-electron chi connectivity index (χ1n) is 5.70. The van der Waals surface area contributed by atoms with Crippen LogP contribution in [0.4, 0.5) is 0 Å². The van der Waals surface area contributed by atoms with Gasteiger partial charge in [0, 0.05) is 18.0 Å². The van der Waals surface area contributed by atoms with E-state index in [1.54, 1.807) is 24.5 Å². The van der Waals surface area contributed by atoms with Gasteiger partial charge in [-0.25, -0.2) is 0 Å². The maximum Gasteiger partial charge on any atom is 0.102 e. The molecule has 0 unspecified atom stereocenters. The van der Waals surface area contributed by atoms with Crippen molar-refractivity contribution in [3.63, 3.8) is 0 Å². The number of hydrogen-bond donors (Lipinski definition) is 1. The Kier molecular flexibility index (Phi) is 3.84. The molecule has 0 amide bonds. The summed E-state index contributed by atoms with van der Waals surface area (Å²) in [6.07, 6.45) is 3.24. The van der Waals surface area contributed by atoms with Gasteiger partial charge in [0.25, 0.3) is 0 Å². The number of aryl methyl sites for hydroxylation is 1. The molecule has 19 heavy (non-hydrogen) atoms. The second kappa shape index (κ2) is 5.55. The lowest BCUT2D eigenvalue weighted by atomic mass is 10.0. The van der Waals surface area contributed by atoms with Crippen molar-refractivity contribution in [2.75, 3.05) is 0 Å². The Balaban J connectivity index is 2.59. The molecule has 0 radical (unpaired) electrons. The predicted octanol–water partition coefficient (Wildman–Crippen LogP) is 3.39. The van der Waals surface area contributed by atoms with Gasteiger partial charge in [-0.2, -0.15) is 5.26 Å². The van der Waals surface area contributed by atoms with Crippen LogP contribution in [-0.2, 0) is 0 Å². The van der Waals surface area contributed by atoms with Gasteiger partial charge >= 0.3 is 0 Å². The standard InChI is InChI=1S/C15H12ClN3/c1-10-2-3-12(14(16)8-10)15(18)13(9-17)11-4-6-19-7-5-11/h2-8H,18H2,1H3/b15-13+. The fourth-order valence-electron chi connectivity index (χ4n) is 1.77. The van der Waals surface area contributed by atoms with Crippen molar-refractivity contribution in [3.05, 3.63) is 64.4 Å². The van der Waals surface area contributed by atoms with Crippen molar-refractivity contribution in [3.8, 4) is 6.07 Å². The van der Waals surface area contributed by atoms with Crippen LogP contribution in [0.3, 0.4) is 0 Å². The van der Waals surface area contributed by atoms with Crippen LogP contribution < -0.4 is 5.73 Å². The monoisotopic (exact) mass is 269 g/mol. The van der Waals surface area contributed by atoms with Crippen LogP contribution >= 0.6 is 11.6 Å². The van der Waals surface area contributed by atoms with Crippen molar-refractivity contribution in [1.29, 1.82) is 5.26 Å². The van der Waals surface area contributed by atoms with E-state index in [9.17, 15) is 5.26 Å². The van der Waals surface area contributed by atoms with Crippen LogP contribution in [0.25, 0.3) is 11.3 Å². The van der Waals surface area contributed by atoms with Gasteiger partial charge in [0.2, 0.25) is 0 Å². The zero-order valence-electron chi connectivity index (χ0n) is 10.4. The zero-order valence-corrected chi connectivity index (χ0v) is 11.1. The second-order valence-corrected chi connectivity index (χ2v) is 4.53. The Bertz CT molecular complexity index is 670. The molecule has 1 heterocycles. The van der Waals surface area contributed by atoms with Crippen LogP contribution in [0, 0.1) is 18.3 Å². The first-order valence-corrected chi connectivity index (χ1v) is 6.08. The summed E-state index contributed by atoms with van der Waals surface area (Å²) in [5.74, 6) is 0. The summed E-state index contributed by atoms with van der Waals surface area (Å²) in [6, 6.07) is 11.2. The Labute approximate surface area is 117 Å². The normalized spacial score (nSPS) is 11.6. The average molecular weight is 270 g/mol. The van der Waals surface area contributed by atoms with E-state index < -0.39 is 0 Å². The van der Waals surface area contributed by atoms with Crippen LogP contribution in [-0.4, -0.2) is 4.98 Å². The van der Waals surface area contributed by atoms with E-state index in [1.807, 2.05) is 25.1 Å². The number of allylic oxidation sites excluding steroid dienone is 1. The van der Waals surface area contributed by atoms with Gasteiger partial charge in [0.05, 0.1) is 16.3 Å². The van der Waals surface area contributed by atoms with E-state index in [1.165, 1.54) is 0 Å². The Morgan fingerprint density at radius 3 is 2.53 bits per heavy atom. The fourth-order valence-corrected chi connectivity index (χ4v) is 2.11. The molecule has 2 N–H and O–H groups in total. The lowest BCUT2D eigenvalue weighted by molar-refractivity contribution is 1.31. The number of halogens is 1. The lowest BCUT2D eigenvalue weighted by Crippen LogP contribution is -2.01. The largest absolute Gasteiger partial charge is 0.397 e. The van der Waals surface area contributed by atoms with Crippen molar-refractivity contribution in [2.24, 2.45) is 5.73 Å². The van der Waals surface area contributed by atoms with Crippen molar-refractivity contribution < 1.29 is 0 Å².